The van der Waals surface area contributed by atoms with Crippen LogP contribution in [0, 0.1) is 0 Å². The smallest absolute Gasteiger partial charge is 0.110 e. The summed E-state index contributed by atoms with van der Waals surface area (Å²) in [6.07, 6.45) is 2.20. The van der Waals surface area contributed by atoms with Gasteiger partial charge < -0.3 is 4.74 Å². The highest BCUT2D eigenvalue weighted by atomic mass is 35.5. The van der Waals surface area contributed by atoms with Crippen LogP contribution in [0.25, 0.3) is 0 Å². The largest absolute Gasteiger partial charge is 0.380 e. The molecule has 0 N–H and O–H groups in total. The summed E-state index contributed by atoms with van der Waals surface area (Å²) in [4.78, 5) is 7.00. The Morgan fingerprint density at radius 2 is 2.53 bits per heavy atom. The van der Waals surface area contributed by atoms with Gasteiger partial charge in [-0.2, -0.15) is 0 Å². The fourth-order valence-electron chi connectivity index (χ4n) is 2.27. The molecule has 1 saturated heterocycles. The van der Waals surface area contributed by atoms with Gasteiger partial charge in [-0.3, -0.25) is 4.90 Å². The Labute approximate surface area is 112 Å². The van der Waals surface area contributed by atoms with E-state index in [2.05, 4.69) is 29.2 Å². The Morgan fingerprint density at radius 1 is 1.71 bits per heavy atom. The first-order valence-electron chi connectivity index (χ1n) is 6.06. The molecular weight excluding hydrogens is 256 g/mol. The zero-order valence-electron chi connectivity index (χ0n) is 10.4. The summed E-state index contributed by atoms with van der Waals surface area (Å²) in [7, 11) is 2.18. The van der Waals surface area contributed by atoms with Gasteiger partial charge in [-0.05, 0) is 19.9 Å². The van der Waals surface area contributed by atoms with Crippen molar-refractivity contribution >= 4 is 22.9 Å². The number of rotatable bonds is 5. The molecule has 0 aromatic carbocycles. The zero-order chi connectivity index (χ0) is 12.3. The summed E-state index contributed by atoms with van der Waals surface area (Å²) in [5.74, 6) is 0.503. The Kier molecular flexibility index (Phi) is 4.79. The topological polar surface area (TPSA) is 25.4 Å². The second-order valence-electron chi connectivity index (χ2n) is 4.42. The standard InChI is InChI=1S/C12H19ClN2OS/c1-3-11(12-14-9(6-13)8-17-12)15(2)10-4-5-16-7-10/h8,10-11H,3-7H2,1-2H3. The van der Waals surface area contributed by atoms with E-state index in [1.807, 2.05) is 0 Å². The van der Waals surface area contributed by atoms with Crippen molar-refractivity contribution in [3.8, 4) is 0 Å². The lowest BCUT2D eigenvalue weighted by molar-refractivity contribution is 0.130. The number of thiazole rings is 1. The molecule has 0 spiro atoms. The molecule has 5 heteroatoms. The molecule has 2 heterocycles. The average Bonchev–Trinajstić information content (AvgIpc) is 3.01. The third kappa shape index (κ3) is 2.99. The molecule has 0 radical (unpaired) electrons. The summed E-state index contributed by atoms with van der Waals surface area (Å²) < 4.78 is 5.46. The number of likely N-dealkylation sites (N-methyl/N-ethyl adjacent to an activating group) is 1. The number of nitrogens with zero attached hydrogens (tertiary/aromatic N) is 2. The van der Waals surface area contributed by atoms with Crippen LogP contribution < -0.4 is 0 Å². The van der Waals surface area contributed by atoms with Crippen molar-refractivity contribution in [1.29, 1.82) is 0 Å². The van der Waals surface area contributed by atoms with Gasteiger partial charge in [0.1, 0.15) is 5.01 Å². The molecule has 1 aromatic heterocycles. The molecular formula is C12H19ClN2OS. The molecule has 2 rings (SSSR count). The molecule has 2 unspecified atom stereocenters. The number of halogens is 1. The molecule has 2 atom stereocenters. The van der Waals surface area contributed by atoms with E-state index in [4.69, 9.17) is 16.3 Å². The normalized spacial score (nSPS) is 22.2. The van der Waals surface area contributed by atoms with Gasteiger partial charge in [0.2, 0.25) is 0 Å². The number of hydrogen-bond acceptors (Lipinski definition) is 4. The Morgan fingerprint density at radius 3 is 3.06 bits per heavy atom. The van der Waals surface area contributed by atoms with Crippen LogP contribution >= 0.6 is 22.9 Å². The molecule has 0 amide bonds. The predicted molar refractivity (Wildman–Crippen MR) is 71.7 cm³/mol. The average molecular weight is 275 g/mol. The lowest BCUT2D eigenvalue weighted by Gasteiger charge is -2.30. The minimum absolute atomic E-state index is 0.392. The van der Waals surface area contributed by atoms with Crippen molar-refractivity contribution in [3.63, 3.8) is 0 Å². The fourth-order valence-corrected chi connectivity index (χ4v) is 3.55. The summed E-state index contributed by atoms with van der Waals surface area (Å²) in [6.45, 7) is 3.94. The van der Waals surface area contributed by atoms with Crippen molar-refractivity contribution in [2.24, 2.45) is 0 Å². The summed E-state index contributed by atoms with van der Waals surface area (Å²) >= 11 is 7.52. The van der Waals surface area contributed by atoms with Gasteiger partial charge in [0.15, 0.2) is 0 Å². The molecule has 96 valence electrons. The Hall–Kier alpha value is -0.160. The number of alkyl halides is 1. The van der Waals surface area contributed by atoms with E-state index in [9.17, 15) is 0 Å². The quantitative estimate of drug-likeness (QED) is 0.772. The fraction of sp³-hybridized carbons (Fsp3) is 0.750. The summed E-state index contributed by atoms with van der Waals surface area (Å²) in [6, 6.07) is 0.923. The molecule has 0 saturated carbocycles. The van der Waals surface area contributed by atoms with E-state index < -0.39 is 0 Å². The number of ether oxygens (including phenoxy) is 1. The van der Waals surface area contributed by atoms with Gasteiger partial charge in [-0.1, -0.05) is 6.92 Å². The van der Waals surface area contributed by atoms with Crippen LogP contribution in [0.2, 0.25) is 0 Å². The SMILES string of the molecule is CCC(c1nc(CCl)cs1)N(C)C1CCOC1. The van der Waals surface area contributed by atoms with Crippen molar-refractivity contribution in [1.82, 2.24) is 9.88 Å². The monoisotopic (exact) mass is 274 g/mol. The van der Waals surface area contributed by atoms with Crippen molar-refractivity contribution in [2.75, 3.05) is 20.3 Å². The van der Waals surface area contributed by atoms with Gasteiger partial charge in [0.25, 0.3) is 0 Å². The lowest BCUT2D eigenvalue weighted by atomic mass is 10.1. The summed E-state index contributed by atoms with van der Waals surface area (Å²) in [5, 5.41) is 3.24. The second-order valence-corrected chi connectivity index (χ2v) is 5.57. The van der Waals surface area contributed by atoms with Crippen LogP contribution in [-0.2, 0) is 10.6 Å². The summed E-state index contributed by atoms with van der Waals surface area (Å²) in [5.41, 5.74) is 0.987. The molecule has 1 aromatic rings. The minimum Gasteiger partial charge on any atom is -0.380 e. The van der Waals surface area contributed by atoms with Gasteiger partial charge in [-0.15, -0.1) is 22.9 Å². The van der Waals surface area contributed by atoms with Gasteiger partial charge >= 0.3 is 0 Å². The van der Waals surface area contributed by atoms with Crippen LogP contribution in [0.4, 0.5) is 0 Å². The van der Waals surface area contributed by atoms with E-state index >= 15 is 0 Å². The molecule has 3 nitrogen and oxygen atoms in total. The van der Waals surface area contributed by atoms with Crippen LogP contribution in [0.15, 0.2) is 5.38 Å². The van der Waals surface area contributed by atoms with Crippen molar-refractivity contribution in [2.45, 2.75) is 37.7 Å². The predicted octanol–water partition coefficient (Wildman–Crippen LogP) is 3.05. The molecule has 17 heavy (non-hydrogen) atoms. The number of hydrogen-bond donors (Lipinski definition) is 0. The molecule has 1 aliphatic rings. The lowest BCUT2D eigenvalue weighted by Crippen LogP contribution is -2.35. The Bertz CT molecular complexity index is 352. The number of aromatic nitrogens is 1. The highest BCUT2D eigenvalue weighted by Gasteiger charge is 2.27. The maximum absolute atomic E-state index is 5.81. The van der Waals surface area contributed by atoms with E-state index in [1.165, 1.54) is 5.01 Å². The molecule has 0 bridgehead atoms. The molecule has 0 aliphatic carbocycles. The van der Waals surface area contributed by atoms with Gasteiger partial charge in [0, 0.05) is 18.0 Å². The second kappa shape index (κ2) is 6.14. The van der Waals surface area contributed by atoms with Gasteiger partial charge in [0.05, 0.1) is 24.2 Å². The van der Waals surface area contributed by atoms with Crippen LogP contribution in [0.5, 0.6) is 0 Å². The van der Waals surface area contributed by atoms with Crippen LogP contribution in [0.1, 0.15) is 36.5 Å². The third-order valence-corrected chi connectivity index (χ3v) is 4.62. The van der Waals surface area contributed by atoms with Crippen molar-refractivity contribution < 1.29 is 4.74 Å². The van der Waals surface area contributed by atoms with Crippen LogP contribution in [0.3, 0.4) is 0 Å². The van der Waals surface area contributed by atoms with E-state index in [0.29, 0.717) is 18.0 Å². The van der Waals surface area contributed by atoms with Crippen molar-refractivity contribution in [3.05, 3.63) is 16.1 Å². The Balaban J connectivity index is 2.08. The maximum Gasteiger partial charge on any atom is 0.110 e. The zero-order valence-corrected chi connectivity index (χ0v) is 11.9. The van der Waals surface area contributed by atoms with E-state index in [1.54, 1.807) is 11.3 Å². The van der Waals surface area contributed by atoms with Gasteiger partial charge in [-0.25, -0.2) is 4.98 Å². The van der Waals surface area contributed by atoms with E-state index in [-0.39, 0.29) is 0 Å². The highest BCUT2D eigenvalue weighted by molar-refractivity contribution is 7.09. The van der Waals surface area contributed by atoms with E-state index in [0.717, 1.165) is 31.7 Å². The first-order valence-corrected chi connectivity index (χ1v) is 7.47. The third-order valence-electron chi connectivity index (χ3n) is 3.35. The first-order chi connectivity index (χ1) is 8.26. The molecule has 1 aliphatic heterocycles. The maximum atomic E-state index is 5.81. The molecule has 1 fully saturated rings. The minimum atomic E-state index is 0.392. The first kappa shape index (κ1) is 13.3. The van der Waals surface area contributed by atoms with Crippen LogP contribution in [-0.4, -0.2) is 36.2 Å². The highest BCUT2D eigenvalue weighted by Crippen LogP contribution is 2.29.